The fourth-order valence-corrected chi connectivity index (χ4v) is 6.96. The van der Waals surface area contributed by atoms with E-state index in [0.717, 1.165) is 0 Å². The molecule has 5 rings (SSSR count). The molecule has 0 radical (unpaired) electrons. The summed E-state index contributed by atoms with van der Waals surface area (Å²) in [5, 5.41) is 21.5. The Bertz CT molecular complexity index is 1210. The Morgan fingerprint density at radius 3 is 1.07 bits per heavy atom. The van der Waals surface area contributed by atoms with Gasteiger partial charge in [-0.15, -0.1) is 0 Å². The second-order valence-electron chi connectivity index (χ2n) is 11.4. The number of benzene rings is 1. The van der Waals surface area contributed by atoms with Crippen LogP contribution in [0.4, 0.5) is 0 Å². The van der Waals surface area contributed by atoms with Crippen molar-refractivity contribution in [2.75, 3.05) is 0 Å². The van der Waals surface area contributed by atoms with Crippen molar-refractivity contribution in [3.63, 3.8) is 0 Å². The maximum atomic E-state index is 13.0. The standard InChI is InChI=1S/C32H34O8/c33-19-5-1-6-20(34)29(19)27(30-21(35)7-2-8-22(30)36)17-13-15-18(16-14-17)28(31-23(37)9-3-10-24(31)38)32-25(39)11-4-12-26(32)40/h13-16,27-29,31,35,39H,1-12H2/t27-,28-/m1/s1. The van der Waals surface area contributed by atoms with Crippen LogP contribution in [-0.4, -0.2) is 44.9 Å². The number of hydrogen-bond acceptors (Lipinski definition) is 8. The molecule has 2 atom stereocenters. The number of hydrogen-bond donors (Lipinski definition) is 2. The Hall–Kier alpha value is -3.68. The summed E-state index contributed by atoms with van der Waals surface area (Å²) < 4.78 is 0. The maximum absolute atomic E-state index is 13.0. The number of ketones is 6. The monoisotopic (exact) mass is 546 g/mol. The second kappa shape index (κ2) is 11.4. The third kappa shape index (κ3) is 5.11. The van der Waals surface area contributed by atoms with Gasteiger partial charge in [0.1, 0.15) is 23.1 Å². The van der Waals surface area contributed by atoms with Gasteiger partial charge in [0, 0.05) is 74.3 Å². The third-order valence-electron chi connectivity index (χ3n) is 8.88. The maximum Gasteiger partial charge on any atom is 0.162 e. The Kier molecular flexibility index (Phi) is 7.97. The van der Waals surface area contributed by atoms with Crippen LogP contribution < -0.4 is 0 Å². The zero-order valence-corrected chi connectivity index (χ0v) is 22.4. The van der Waals surface area contributed by atoms with E-state index in [0.29, 0.717) is 36.8 Å². The van der Waals surface area contributed by atoms with Crippen LogP contribution in [0.5, 0.6) is 0 Å². The summed E-state index contributed by atoms with van der Waals surface area (Å²) in [5.41, 5.74) is 1.18. The molecule has 0 spiro atoms. The molecule has 0 heterocycles. The first-order chi connectivity index (χ1) is 19.2. The number of allylic oxidation sites excluding steroid dienone is 4. The summed E-state index contributed by atoms with van der Waals surface area (Å²) in [5.74, 6) is -5.87. The Labute approximate surface area is 232 Å². The zero-order valence-electron chi connectivity index (χ0n) is 22.4. The van der Waals surface area contributed by atoms with Crippen LogP contribution in [0.2, 0.25) is 0 Å². The van der Waals surface area contributed by atoms with Gasteiger partial charge < -0.3 is 10.2 Å². The van der Waals surface area contributed by atoms with Crippen molar-refractivity contribution < 1.29 is 39.0 Å². The quantitative estimate of drug-likeness (QED) is 0.482. The molecule has 2 saturated carbocycles. The fourth-order valence-electron chi connectivity index (χ4n) is 6.96. The Morgan fingerprint density at radius 1 is 0.475 bits per heavy atom. The lowest BCUT2D eigenvalue weighted by Crippen LogP contribution is -2.37. The van der Waals surface area contributed by atoms with Gasteiger partial charge in [-0.1, -0.05) is 24.3 Å². The molecule has 4 aliphatic rings. The Balaban J connectivity index is 1.62. The van der Waals surface area contributed by atoms with Crippen molar-refractivity contribution in [3.8, 4) is 0 Å². The van der Waals surface area contributed by atoms with E-state index in [1.54, 1.807) is 24.3 Å². The normalized spacial score (nSPS) is 23.7. The van der Waals surface area contributed by atoms with E-state index in [1.807, 2.05) is 0 Å². The predicted octanol–water partition coefficient (Wildman–Crippen LogP) is 4.86. The molecule has 4 aliphatic carbocycles. The average molecular weight is 547 g/mol. The first kappa shape index (κ1) is 27.9. The van der Waals surface area contributed by atoms with E-state index in [-0.39, 0.29) is 109 Å². The molecule has 0 aliphatic heterocycles. The van der Waals surface area contributed by atoms with Crippen LogP contribution in [0.3, 0.4) is 0 Å². The SMILES string of the molecule is O=C1CCCC(O)=C1[C@H](c1ccc([C@@H](C2=C(O)CCCC2=O)C2C(=O)CCCC2=O)cc1)C1C(=O)CCCC1=O. The van der Waals surface area contributed by atoms with Crippen molar-refractivity contribution in [2.24, 2.45) is 11.8 Å². The topological polar surface area (TPSA) is 143 Å². The van der Waals surface area contributed by atoms with Crippen LogP contribution in [0.25, 0.3) is 0 Å². The van der Waals surface area contributed by atoms with Crippen LogP contribution in [0.15, 0.2) is 46.9 Å². The molecule has 40 heavy (non-hydrogen) atoms. The van der Waals surface area contributed by atoms with Gasteiger partial charge in [-0.2, -0.15) is 0 Å². The van der Waals surface area contributed by atoms with Gasteiger partial charge in [0.15, 0.2) is 11.6 Å². The number of carbonyl (C=O) groups is 6. The largest absolute Gasteiger partial charge is 0.512 e. The van der Waals surface area contributed by atoms with Crippen molar-refractivity contribution in [1.82, 2.24) is 0 Å². The lowest BCUT2D eigenvalue weighted by atomic mass is 9.67. The average Bonchev–Trinajstić information content (AvgIpc) is 2.91. The lowest BCUT2D eigenvalue weighted by Gasteiger charge is -2.33. The van der Waals surface area contributed by atoms with Gasteiger partial charge in [0.05, 0.1) is 23.4 Å². The minimum absolute atomic E-state index is 0.101. The molecule has 210 valence electrons. The third-order valence-corrected chi connectivity index (χ3v) is 8.88. The van der Waals surface area contributed by atoms with Gasteiger partial charge >= 0.3 is 0 Å². The molecule has 1 aromatic rings. The molecule has 0 saturated heterocycles. The molecule has 2 fully saturated rings. The van der Waals surface area contributed by atoms with Crippen LogP contribution >= 0.6 is 0 Å². The summed E-state index contributed by atoms with van der Waals surface area (Å²) in [6.45, 7) is 0. The summed E-state index contributed by atoms with van der Waals surface area (Å²) in [7, 11) is 0. The van der Waals surface area contributed by atoms with Crippen molar-refractivity contribution >= 4 is 34.7 Å². The van der Waals surface area contributed by atoms with E-state index >= 15 is 0 Å². The van der Waals surface area contributed by atoms with Crippen LogP contribution in [-0.2, 0) is 28.8 Å². The highest BCUT2D eigenvalue weighted by molar-refractivity contribution is 6.09. The highest BCUT2D eigenvalue weighted by atomic mass is 16.3. The van der Waals surface area contributed by atoms with Gasteiger partial charge in [0.2, 0.25) is 0 Å². The first-order valence-corrected chi connectivity index (χ1v) is 14.3. The number of carbonyl (C=O) groups excluding carboxylic acids is 6. The minimum atomic E-state index is -1.08. The van der Waals surface area contributed by atoms with Crippen molar-refractivity contribution in [1.29, 1.82) is 0 Å². The molecule has 0 unspecified atom stereocenters. The molecule has 8 nitrogen and oxygen atoms in total. The molecule has 0 aromatic heterocycles. The van der Waals surface area contributed by atoms with E-state index in [2.05, 4.69) is 0 Å². The summed E-state index contributed by atoms with van der Waals surface area (Å²) >= 11 is 0. The van der Waals surface area contributed by atoms with Gasteiger partial charge in [0.25, 0.3) is 0 Å². The van der Waals surface area contributed by atoms with Gasteiger partial charge in [-0.05, 0) is 36.8 Å². The Morgan fingerprint density at radius 2 is 0.775 bits per heavy atom. The number of rotatable bonds is 6. The molecule has 2 N–H and O–H groups in total. The first-order valence-electron chi connectivity index (χ1n) is 14.3. The van der Waals surface area contributed by atoms with E-state index in [4.69, 9.17) is 0 Å². The predicted molar refractivity (Wildman–Crippen MR) is 144 cm³/mol. The van der Waals surface area contributed by atoms with E-state index in [9.17, 15) is 39.0 Å². The summed E-state index contributed by atoms with van der Waals surface area (Å²) in [6, 6.07) is 6.58. The van der Waals surface area contributed by atoms with Crippen LogP contribution in [0, 0.1) is 11.8 Å². The van der Waals surface area contributed by atoms with Gasteiger partial charge in [-0.3, -0.25) is 28.8 Å². The highest BCUT2D eigenvalue weighted by Crippen LogP contribution is 2.44. The molecule has 0 amide bonds. The van der Waals surface area contributed by atoms with Crippen LogP contribution in [0.1, 0.15) is 100 Å². The molecular formula is C32H34O8. The molecule has 0 bridgehead atoms. The highest BCUT2D eigenvalue weighted by Gasteiger charge is 2.45. The van der Waals surface area contributed by atoms with Gasteiger partial charge in [-0.25, -0.2) is 0 Å². The molecular weight excluding hydrogens is 512 g/mol. The van der Waals surface area contributed by atoms with Crippen molar-refractivity contribution in [2.45, 2.75) is 88.9 Å². The number of aliphatic hydroxyl groups is 2. The summed E-state index contributed by atoms with van der Waals surface area (Å²) in [4.78, 5) is 78.1. The zero-order chi connectivity index (χ0) is 28.6. The fraction of sp³-hybridized carbons (Fsp3) is 0.500. The van der Waals surface area contributed by atoms with Crippen molar-refractivity contribution in [3.05, 3.63) is 58.1 Å². The minimum Gasteiger partial charge on any atom is -0.512 e. The molecule has 8 heteroatoms. The smallest absolute Gasteiger partial charge is 0.162 e. The second-order valence-corrected chi connectivity index (χ2v) is 11.4. The number of aliphatic hydroxyl groups excluding tert-OH is 2. The lowest BCUT2D eigenvalue weighted by molar-refractivity contribution is -0.138. The van der Waals surface area contributed by atoms with E-state index < -0.39 is 23.7 Å². The number of Topliss-reactive ketones (excluding diaryl/α,β-unsaturated/α-hetero) is 6. The molecule has 1 aromatic carbocycles. The summed E-state index contributed by atoms with van der Waals surface area (Å²) in [6.07, 6.45) is 3.77. The van der Waals surface area contributed by atoms with E-state index in [1.165, 1.54) is 0 Å².